The Morgan fingerprint density at radius 1 is 1.17 bits per heavy atom. The third kappa shape index (κ3) is 1.58. The highest BCUT2D eigenvalue weighted by atomic mass is 16.6. The minimum absolute atomic E-state index is 0.470. The quantitative estimate of drug-likeness (QED) is 0.288. The van der Waals surface area contributed by atoms with Crippen molar-refractivity contribution in [2.45, 2.75) is 30.6 Å². The molecule has 1 fully saturated rings. The van der Waals surface area contributed by atoms with E-state index < -0.39 is 37.3 Å². The van der Waals surface area contributed by atoms with Crippen molar-refractivity contribution in [3.05, 3.63) is 0 Å². The lowest BCUT2D eigenvalue weighted by molar-refractivity contribution is -0.248. The number of hydrogen-bond acceptors (Lipinski definition) is 6. The Labute approximate surface area is 69.2 Å². The molecule has 0 aromatic carbocycles. The van der Waals surface area contributed by atoms with Crippen LogP contribution < -0.4 is 5.73 Å². The lowest BCUT2D eigenvalue weighted by atomic mass is 9.98. The summed E-state index contributed by atoms with van der Waals surface area (Å²) in [4.78, 5) is 0. The third-order valence-corrected chi connectivity index (χ3v) is 1.95. The molecule has 0 unspecified atom stereocenters. The maximum Gasteiger partial charge on any atom is 0.173 e. The molecule has 0 saturated carbocycles. The zero-order valence-corrected chi connectivity index (χ0v) is 6.37. The average molecular weight is 179 g/mol. The molecular formula is C6H13NO5. The van der Waals surface area contributed by atoms with Crippen LogP contribution in [0.2, 0.25) is 0 Å². The molecule has 6 heteroatoms. The zero-order valence-electron chi connectivity index (χ0n) is 6.37. The fraction of sp³-hybridized carbons (Fsp3) is 1.00. The van der Waals surface area contributed by atoms with Gasteiger partial charge in [0.2, 0.25) is 0 Å². The number of ether oxygens (including phenoxy) is 1. The van der Waals surface area contributed by atoms with Gasteiger partial charge in [-0.2, -0.15) is 0 Å². The molecular weight excluding hydrogens is 166 g/mol. The summed E-state index contributed by atoms with van der Waals surface area (Å²) in [5.41, 5.74) is 5.26. The first kappa shape index (κ1) is 9.85. The van der Waals surface area contributed by atoms with Crippen molar-refractivity contribution >= 4 is 0 Å². The van der Waals surface area contributed by atoms with Crippen molar-refractivity contribution in [2.24, 2.45) is 5.73 Å². The normalized spacial score (nSPS) is 49.2. The molecule has 1 aliphatic rings. The molecule has 0 aromatic heterocycles. The van der Waals surface area contributed by atoms with E-state index in [-0.39, 0.29) is 0 Å². The maximum absolute atomic E-state index is 9.20. The van der Waals surface area contributed by atoms with Crippen LogP contribution in [0.1, 0.15) is 0 Å². The molecule has 0 aromatic rings. The Kier molecular flexibility index (Phi) is 2.99. The highest BCUT2D eigenvalue weighted by Crippen LogP contribution is 2.17. The highest BCUT2D eigenvalue weighted by Gasteiger charge is 2.41. The van der Waals surface area contributed by atoms with Gasteiger partial charge < -0.3 is 30.9 Å². The molecule has 6 nitrogen and oxygen atoms in total. The molecule has 0 amide bonds. The lowest BCUT2D eigenvalue weighted by Crippen LogP contribution is -2.61. The van der Waals surface area contributed by atoms with Gasteiger partial charge in [0.05, 0.1) is 12.6 Å². The summed E-state index contributed by atoms with van der Waals surface area (Å²) < 4.78 is 4.70. The van der Waals surface area contributed by atoms with E-state index in [4.69, 9.17) is 20.7 Å². The van der Waals surface area contributed by atoms with Crippen molar-refractivity contribution in [1.82, 2.24) is 0 Å². The fourth-order valence-electron chi connectivity index (χ4n) is 1.12. The molecule has 1 aliphatic heterocycles. The van der Waals surface area contributed by atoms with Crippen LogP contribution in [0, 0.1) is 0 Å². The predicted octanol–water partition coefficient (Wildman–Crippen LogP) is -3.26. The van der Waals surface area contributed by atoms with E-state index in [1.165, 1.54) is 0 Å². The van der Waals surface area contributed by atoms with Crippen molar-refractivity contribution < 1.29 is 25.2 Å². The Morgan fingerprint density at radius 2 is 1.75 bits per heavy atom. The van der Waals surface area contributed by atoms with Crippen LogP contribution in [0.5, 0.6) is 0 Å². The van der Waals surface area contributed by atoms with Gasteiger partial charge in [-0.15, -0.1) is 0 Å². The van der Waals surface area contributed by atoms with E-state index in [1.807, 2.05) is 0 Å². The lowest BCUT2D eigenvalue weighted by Gasteiger charge is -2.38. The molecule has 6 N–H and O–H groups in total. The summed E-state index contributed by atoms with van der Waals surface area (Å²) in [6.07, 6.45) is -4.85. The minimum Gasteiger partial charge on any atom is -0.394 e. The second-order valence-corrected chi connectivity index (χ2v) is 2.81. The topological polar surface area (TPSA) is 116 Å². The standard InChI is InChI=1S/C6H13NO5/c7-3-5(10)4(9)2(1-8)12-6(3)11/h2-6,8-11H,1,7H2/t2-,3-,4+,5-,6-/m1/s1. The van der Waals surface area contributed by atoms with E-state index in [1.54, 1.807) is 0 Å². The fourth-order valence-corrected chi connectivity index (χ4v) is 1.12. The molecule has 0 aliphatic carbocycles. The van der Waals surface area contributed by atoms with Crippen molar-refractivity contribution in [1.29, 1.82) is 0 Å². The Balaban J connectivity index is 2.63. The summed E-state index contributed by atoms with van der Waals surface area (Å²) in [7, 11) is 0. The zero-order chi connectivity index (χ0) is 9.30. The molecule has 0 radical (unpaired) electrons. The third-order valence-electron chi connectivity index (χ3n) is 1.95. The number of aliphatic hydroxyl groups excluding tert-OH is 4. The maximum atomic E-state index is 9.20. The van der Waals surface area contributed by atoms with Gasteiger partial charge >= 0.3 is 0 Å². The molecule has 12 heavy (non-hydrogen) atoms. The van der Waals surface area contributed by atoms with Gasteiger partial charge in [0.25, 0.3) is 0 Å². The minimum atomic E-state index is -1.35. The first-order valence-electron chi connectivity index (χ1n) is 3.64. The van der Waals surface area contributed by atoms with Crippen LogP contribution in [0.25, 0.3) is 0 Å². The van der Waals surface area contributed by atoms with Gasteiger partial charge in [-0.25, -0.2) is 0 Å². The first-order valence-corrected chi connectivity index (χ1v) is 3.64. The Hall–Kier alpha value is -0.240. The predicted molar refractivity (Wildman–Crippen MR) is 38.0 cm³/mol. The van der Waals surface area contributed by atoms with Gasteiger partial charge in [-0.1, -0.05) is 0 Å². The van der Waals surface area contributed by atoms with Crippen LogP contribution in [-0.4, -0.2) is 57.7 Å². The monoisotopic (exact) mass is 179 g/mol. The number of rotatable bonds is 1. The van der Waals surface area contributed by atoms with Gasteiger partial charge in [-0.05, 0) is 0 Å². The highest BCUT2D eigenvalue weighted by molar-refractivity contribution is 4.90. The van der Waals surface area contributed by atoms with Crippen LogP contribution >= 0.6 is 0 Å². The van der Waals surface area contributed by atoms with Gasteiger partial charge in [-0.3, -0.25) is 0 Å². The molecule has 1 saturated heterocycles. The Bertz CT molecular complexity index is 150. The molecule has 0 spiro atoms. The van der Waals surface area contributed by atoms with Crippen molar-refractivity contribution in [2.75, 3.05) is 6.61 Å². The van der Waals surface area contributed by atoms with Gasteiger partial charge in [0.1, 0.15) is 18.3 Å². The van der Waals surface area contributed by atoms with E-state index in [0.29, 0.717) is 0 Å². The van der Waals surface area contributed by atoms with Crippen molar-refractivity contribution in [3.63, 3.8) is 0 Å². The Morgan fingerprint density at radius 3 is 2.25 bits per heavy atom. The van der Waals surface area contributed by atoms with Gasteiger partial charge in [0.15, 0.2) is 6.29 Å². The van der Waals surface area contributed by atoms with Gasteiger partial charge in [0, 0.05) is 0 Å². The SMILES string of the molecule is N[C@@H]1[C@@H](O)[C@@H](O)[C@@H](CO)O[C@H]1O. The summed E-state index contributed by atoms with van der Waals surface area (Å²) in [6, 6.07) is -1.04. The van der Waals surface area contributed by atoms with Crippen LogP contribution in [0.3, 0.4) is 0 Å². The second kappa shape index (κ2) is 3.65. The van der Waals surface area contributed by atoms with E-state index >= 15 is 0 Å². The summed E-state index contributed by atoms with van der Waals surface area (Å²) in [6.45, 7) is -0.470. The van der Waals surface area contributed by atoms with Crippen molar-refractivity contribution in [3.8, 4) is 0 Å². The van der Waals surface area contributed by atoms with E-state index in [0.717, 1.165) is 0 Å². The largest absolute Gasteiger partial charge is 0.394 e. The average Bonchev–Trinajstić information content (AvgIpc) is 2.08. The van der Waals surface area contributed by atoms with E-state index in [9.17, 15) is 10.2 Å². The number of hydrogen-bond donors (Lipinski definition) is 5. The second-order valence-electron chi connectivity index (χ2n) is 2.81. The van der Waals surface area contributed by atoms with Crippen LogP contribution in [-0.2, 0) is 4.74 Å². The summed E-state index contributed by atoms with van der Waals surface area (Å²) in [5.74, 6) is 0. The number of aliphatic hydroxyl groups is 4. The molecule has 1 rings (SSSR count). The first-order chi connectivity index (χ1) is 5.57. The molecule has 72 valence electrons. The summed E-state index contributed by atoms with van der Waals surface area (Å²) in [5, 5.41) is 36.1. The molecule has 0 bridgehead atoms. The smallest absolute Gasteiger partial charge is 0.173 e. The molecule has 1 heterocycles. The summed E-state index contributed by atoms with van der Waals surface area (Å²) >= 11 is 0. The van der Waals surface area contributed by atoms with E-state index in [2.05, 4.69) is 0 Å². The van der Waals surface area contributed by atoms with Crippen LogP contribution in [0.4, 0.5) is 0 Å². The van der Waals surface area contributed by atoms with Crippen LogP contribution in [0.15, 0.2) is 0 Å². The molecule has 5 atom stereocenters. The number of nitrogens with two attached hydrogens (primary N) is 1.